The van der Waals surface area contributed by atoms with Crippen LogP contribution in [-0.4, -0.2) is 19.3 Å². The molecule has 0 bridgehead atoms. The summed E-state index contributed by atoms with van der Waals surface area (Å²) in [5, 5.41) is 0.748. The van der Waals surface area contributed by atoms with Gasteiger partial charge in [0.2, 0.25) is 0 Å². The lowest BCUT2D eigenvalue weighted by molar-refractivity contribution is 0.141. The highest BCUT2D eigenvalue weighted by molar-refractivity contribution is 6.30. The Hall–Kier alpha value is -1.61. The van der Waals surface area contributed by atoms with Crippen molar-refractivity contribution in [2.45, 2.75) is 12.2 Å². The molecule has 3 rings (SSSR count). The zero-order valence-electron chi connectivity index (χ0n) is 11.6. The van der Waals surface area contributed by atoms with E-state index in [1.165, 1.54) is 5.56 Å². The van der Waals surface area contributed by atoms with E-state index in [0.29, 0.717) is 13.2 Å². The Morgan fingerprint density at radius 1 is 1.05 bits per heavy atom. The predicted octanol–water partition coefficient (Wildman–Crippen LogP) is 4.51. The van der Waals surface area contributed by atoms with Crippen molar-refractivity contribution in [1.82, 2.24) is 0 Å². The number of epoxide rings is 1. The van der Waals surface area contributed by atoms with Crippen molar-refractivity contribution in [2.75, 3.05) is 13.2 Å². The first-order valence-electron chi connectivity index (χ1n) is 7.03. The van der Waals surface area contributed by atoms with E-state index in [1.807, 2.05) is 48.5 Å². The van der Waals surface area contributed by atoms with Crippen molar-refractivity contribution < 1.29 is 9.47 Å². The van der Waals surface area contributed by atoms with Crippen LogP contribution in [0.5, 0.6) is 0 Å². The lowest BCUT2D eigenvalue weighted by atomic mass is 10.1. The van der Waals surface area contributed by atoms with E-state index in [1.54, 1.807) is 0 Å². The minimum Gasteiger partial charge on any atom is -0.375 e. The number of rotatable bonds is 6. The second kappa shape index (κ2) is 6.90. The monoisotopic (exact) mass is 300 g/mol. The number of hydrogen-bond acceptors (Lipinski definition) is 2. The molecule has 1 heterocycles. The van der Waals surface area contributed by atoms with Gasteiger partial charge in [0.15, 0.2) is 0 Å². The Morgan fingerprint density at radius 3 is 2.57 bits per heavy atom. The van der Waals surface area contributed by atoms with E-state index >= 15 is 0 Å². The molecule has 0 saturated carbocycles. The third-order valence-electron chi connectivity index (χ3n) is 3.39. The summed E-state index contributed by atoms with van der Waals surface area (Å²) in [7, 11) is 0. The van der Waals surface area contributed by atoms with Crippen LogP contribution in [0.15, 0.2) is 60.7 Å². The molecule has 1 aliphatic heterocycles. The molecular weight excluding hydrogens is 284 g/mol. The first-order chi connectivity index (χ1) is 10.3. The van der Waals surface area contributed by atoms with Crippen molar-refractivity contribution in [3.05, 3.63) is 76.8 Å². The second-order valence-electron chi connectivity index (χ2n) is 5.00. The summed E-state index contributed by atoms with van der Waals surface area (Å²) >= 11 is 5.87. The number of hydrogen-bond donors (Lipinski definition) is 0. The van der Waals surface area contributed by atoms with E-state index in [9.17, 15) is 0 Å². The average molecular weight is 301 g/mol. The smallest absolute Gasteiger partial charge is 0.112 e. The fourth-order valence-corrected chi connectivity index (χ4v) is 2.34. The largest absolute Gasteiger partial charge is 0.375 e. The molecule has 0 amide bonds. The molecule has 2 nitrogen and oxygen atoms in total. The summed E-state index contributed by atoms with van der Waals surface area (Å²) < 4.78 is 11.2. The highest BCUT2D eigenvalue weighted by Gasteiger charge is 2.39. The highest BCUT2D eigenvalue weighted by atomic mass is 35.5. The lowest BCUT2D eigenvalue weighted by Gasteiger charge is -1.98. The molecule has 0 aliphatic carbocycles. The van der Waals surface area contributed by atoms with Crippen LogP contribution in [0.3, 0.4) is 0 Å². The van der Waals surface area contributed by atoms with Gasteiger partial charge in [-0.1, -0.05) is 66.2 Å². The van der Waals surface area contributed by atoms with Crippen molar-refractivity contribution >= 4 is 17.7 Å². The van der Waals surface area contributed by atoms with Crippen molar-refractivity contribution in [2.24, 2.45) is 0 Å². The summed E-state index contributed by atoms with van der Waals surface area (Å²) in [4.78, 5) is 0. The maximum atomic E-state index is 5.87. The summed E-state index contributed by atoms with van der Waals surface area (Å²) in [6.07, 6.45) is 4.40. The van der Waals surface area contributed by atoms with Gasteiger partial charge < -0.3 is 9.47 Å². The van der Waals surface area contributed by atoms with Crippen LogP contribution < -0.4 is 0 Å². The molecule has 2 atom stereocenters. The molecule has 2 aromatic rings. The quantitative estimate of drug-likeness (QED) is 0.578. The van der Waals surface area contributed by atoms with Crippen LogP contribution >= 0.6 is 11.6 Å². The molecule has 1 aliphatic rings. The third-order valence-corrected chi connectivity index (χ3v) is 3.64. The topological polar surface area (TPSA) is 21.8 Å². The van der Waals surface area contributed by atoms with Crippen molar-refractivity contribution in [3.63, 3.8) is 0 Å². The molecule has 3 heteroatoms. The molecule has 0 radical (unpaired) electrons. The highest BCUT2D eigenvalue weighted by Crippen LogP contribution is 2.38. The van der Waals surface area contributed by atoms with Gasteiger partial charge in [-0.15, -0.1) is 0 Å². The van der Waals surface area contributed by atoms with E-state index in [0.717, 1.165) is 10.6 Å². The van der Waals surface area contributed by atoms with Gasteiger partial charge in [-0.25, -0.2) is 0 Å². The van der Waals surface area contributed by atoms with Crippen LogP contribution in [0, 0.1) is 0 Å². The third kappa shape index (κ3) is 4.18. The fourth-order valence-electron chi connectivity index (χ4n) is 2.22. The van der Waals surface area contributed by atoms with E-state index in [4.69, 9.17) is 21.1 Å². The lowest BCUT2D eigenvalue weighted by Crippen LogP contribution is -2.02. The minimum absolute atomic E-state index is 0.153. The Labute approximate surface area is 130 Å². The molecule has 2 aromatic carbocycles. The molecule has 0 spiro atoms. The van der Waals surface area contributed by atoms with Crippen LogP contribution in [0.4, 0.5) is 0 Å². The van der Waals surface area contributed by atoms with E-state index < -0.39 is 0 Å². The summed E-state index contributed by atoms with van der Waals surface area (Å²) in [6, 6.07) is 18.0. The first-order valence-corrected chi connectivity index (χ1v) is 7.41. The molecule has 0 aromatic heterocycles. The van der Waals surface area contributed by atoms with Gasteiger partial charge in [-0.3, -0.25) is 0 Å². The molecular formula is C18H17ClO2. The van der Waals surface area contributed by atoms with Gasteiger partial charge in [-0.2, -0.15) is 0 Å². The molecule has 1 fully saturated rings. The first kappa shape index (κ1) is 14.3. The van der Waals surface area contributed by atoms with Gasteiger partial charge >= 0.3 is 0 Å². The Bertz CT molecular complexity index is 592. The molecule has 21 heavy (non-hydrogen) atoms. The predicted molar refractivity (Wildman–Crippen MR) is 85.4 cm³/mol. The average Bonchev–Trinajstić information content (AvgIpc) is 3.28. The van der Waals surface area contributed by atoms with Gasteiger partial charge in [0.05, 0.1) is 13.2 Å². The Balaban J connectivity index is 1.38. The van der Waals surface area contributed by atoms with Crippen molar-refractivity contribution in [1.29, 1.82) is 0 Å². The van der Waals surface area contributed by atoms with Crippen LogP contribution in [-0.2, 0) is 9.47 Å². The van der Waals surface area contributed by atoms with E-state index in [-0.39, 0.29) is 12.2 Å². The molecule has 1 saturated heterocycles. The summed E-state index contributed by atoms with van der Waals surface area (Å²) in [5.41, 5.74) is 2.34. The zero-order valence-corrected chi connectivity index (χ0v) is 12.4. The number of halogens is 1. The van der Waals surface area contributed by atoms with Gasteiger partial charge in [0.25, 0.3) is 0 Å². The molecule has 108 valence electrons. The maximum absolute atomic E-state index is 5.87. The standard InChI is InChI=1S/C18H17ClO2/c19-16-10-8-15(9-11-16)18-17(21-18)13-20-12-4-7-14-5-2-1-3-6-14/h1-11,17-18H,12-13H2/b7-4+/t17-,18-/m0/s1. The second-order valence-corrected chi connectivity index (χ2v) is 5.43. The zero-order chi connectivity index (χ0) is 14.5. The molecule has 0 N–H and O–H groups in total. The molecule has 0 unspecified atom stereocenters. The summed E-state index contributed by atoms with van der Waals surface area (Å²) in [6.45, 7) is 1.22. The van der Waals surface area contributed by atoms with E-state index in [2.05, 4.69) is 18.2 Å². The normalized spacial score (nSPS) is 20.8. The van der Waals surface area contributed by atoms with Crippen LogP contribution in [0.2, 0.25) is 5.02 Å². The van der Waals surface area contributed by atoms with Crippen LogP contribution in [0.25, 0.3) is 6.08 Å². The SMILES string of the molecule is Clc1ccc([C@@H]2O[C@H]2COC/C=C/c2ccccc2)cc1. The Morgan fingerprint density at radius 2 is 1.81 bits per heavy atom. The Kier molecular flexibility index (Phi) is 4.71. The fraction of sp³-hybridized carbons (Fsp3) is 0.222. The number of benzene rings is 2. The minimum atomic E-state index is 0.153. The van der Waals surface area contributed by atoms with Gasteiger partial charge in [0, 0.05) is 5.02 Å². The van der Waals surface area contributed by atoms with Gasteiger partial charge in [-0.05, 0) is 23.3 Å². The van der Waals surface area contributed by atoms with Crippen LogP contribution in [0.1, 0.15) is 17.2 Å². The van der Waals surface area contributed by atoms with Crippen molar-refractivity contribution in [3.8, 4) is 0 Å². The maximum Gasteiger partial charge on any atom is 0.112 e. The summed E-state index contributed by atoms with van der Waals surface area (Å²) in [5.74, 6) is 0. The number of ether oxygens (including phenoxy) is 2. The van der Waals surface area contributed by atoms with Gasteiger partial charge in [0.1, 0.15) is 12.2 Å².